The molecule has 0 aliphatic rings. The van der Waals surface area contributed by atoms with Gasteiger partial charge in [-0.15, -0.1) is 0 Å². The minimum Gasteiger partial charge on any atom is -0.379 e. The molecule has 1 aromatic heterocycles. The molecule has 0 aliphatic heterocycles. The molecule has 1 heterocycles. The van der Waals surface area contributed by atoms with E-state index in [2.05, 4.69) is 10.4 Å². The van der Waals surface area contributed by atoms with Crippen molar-refractivity contribution >= 4 is 23.0 Å². The van der Waals surface area contributed by atoms with E-state index in [1.54, 1.807) is 12.3 Å². The smallest absolute Gasteiger partial charge is 0.292 e. The van der Waals surface area contributed by atoms with Crippen molar-refractivity contribution in [1.82, 2.24) is 9.78 Å². The topological polar surface area (TPSA) is 73.0 Å². The number of hydrogen-bond donors (Lipinski definition) is 1. The van der Waals surface area contributed by atoms with Gasteiger partial charge in [0.05, 0.1) is 4.92 Å². The van der Waals surface area contributed by atoms with E-state index in [1.807, 2.05) is 16.9 Å². The molecule has 2 rings (SSSR count). The molecule has 0 saturated carbocycles. The summed E-state index contributed by atoms with van der Waals surface area (Å²) in [6, 6.07) is 6.33. The van der Waals surface area contributed by atoms with Crippen LogP contribution in [0.4, 0.5) is 11.4 Å². The first-order valence-corrected chi connectivity index (χ1v) is 6.20. The predicted molar refractivity (Wildman–Crippen MR) is 73.4 cm³/mol. The Balaban J connectivity index is 1.91. The SMILES string of the molecule is O=[N+]([O-])c1ccc(Cl)cc1NCCCn1cccn1. The van der Waals surface area contributed by atoms with Gasteiger partial charge in [-0.2, -0.15) is 5.10 Å². The molecule has 0 amide bonds. The molecule has 0 unspecified atom stereocenters. The molecular weight excluding hydrogens is 268 g/mol. The Morgan fingerprint density at radius 1 is 1.47 bits per heavy atom. The van der Waals surface area contributed by atoms with Gasteiger partial charge in [-0.25, -0.2) is 0 Å². The van der Waals surface area contributed by atoms with Crippen LogP contribution in [0.2, 0.25) is 5.02 Å². The molecule has 2 aromatic rings. The first-order valence-electron chi connectivity index (χ1n) is 5.82. The Labute approximate surface area is 115 Å². The van der Waals surface area contributed by atoms with Crippen LogP contribution in [0.25, 0.3) is 0 Å². The molecule has 0 fully saturated rings. The number of nitrogens with one attached hydrogen (secondary N) is 1. The largest absolute Gasteiger partial charge is 0.379 e. The maximum atomic E-state index is 10.9. The van der Waals surface area contributed by atoms with E-state index in [0.717, 1.165) is 13.0 Å². The number of benzene rings is 1. The molecule has 0 bridgehead atoms. The van der Waals surface area contributed by atoms with Gasteiger partial charge in [0.25, 0.3) is 5.69 Å². The Hall–Kier alpha value is -2.08. The summed E-state index contributed by atoms with van der Waals surface area (Å²) in [7, 11) is 0. The summed E-state index contributed by atoms with van der Waals surface area (Å²) in [6.07, 6.45) is 4.41. The molecule has 0 radical (unpaired) electrons. The average Bonchev–Trinajstić information content (AvgIpc) is 2.87. The number of aromatic nitrogens is 2. The number of anilines is 1. The van der Waals surface area contributed by atoms with Crippen LogP contribution in [-0.2, 0) is 6.54 Å². The summed E-state index contributed by atoms with van der Waals surface area (Å²) in [4.78, 5) is 10.4. The molecule has 0 spiro atoms. The van der Waals surface area contributed by atoms with Gasteiger partial charge in [-0.3, -0.25) is 14.8 Å². The predicted octanol–water partition coefficient (Wildman–Crippen LogP) is 2.95. The molecule has 1 aromatic carbocycles. The van der Waals surface area contributed by atoms with E-state index >= 15 is 0 Å². The van der Waals surface area contributed by atoms with E-state index in [9.17, 15) is 10.1 Å². The van der Waals surface area contributed by atoms with Crippen LogP contribution in [-0.4, -0.2) is 21.2 Å². The summed E-state index contributed by atoms with van der Waals surface area (Å²) in [5.41, 5.74) is 0.474. The van der Waals surface area contributed by atoms with E-state index in [1.165, 1.54) is 12.1 Å². The van der Waals surface area contributed by atoms with Crippen molar-refractivity contribution in [3.8, 4) is 0 Å². The first kappa shape index (κ1) is 13.4. The van der Waals surface area contributed by atoms with Crippen LogP contribution in [0.3, 0.4) is 0 Å². The van der Waals surface area contributed by atoms with Crippen LogP contribution >= 0.6 is 11.6 Å². The zero-order valence-electron chi connectivity index (χ0n) is 10.1. The molecule has 6 nitrogen and oxygen atoms in total. The third-order valence-corrected chi connectivity index (χ3v) is 2.83. The highest BCUT2D eigenvalue weighted by Crippen LogP contribution is 2.27. The quantitative estimate of drug-likeness (QED) is 0.501. The van der Waals surface area contributed by atoms with Gasteiger partial charge in [0, 0.05) is 36.6 Å². The lowest BCUT2D eigenvalue weighted by Crippen LogP contribution is -2.08. The lowest BCUT2D eigenvalue weighted by atomic mass is 10.2. The van der Waals surface area contributed by atoms with Crippen molar-refractivity contribution in [2.24, 2.45) is 0 Å². The summed E-state index contributed by atoms with van der Waals surface area (Å²) in [6.45, 7) is 1.37. The average molecular weight is 281 g/mol. The van der Waals surface area contributed by atoms with Crippen molar-refractivity contribution < 1.29 is 4.92 Å². The van der Waals surface area contributed by atoms with Crippen molar-refractivity contribution in [3.63, 3.8) is 0 Å². The summed E-state index contributed by atoms with van der Waals surface area (Å²) >= 11 is 5.84. The minimum atomic E-state index is -0.424. The van der Waals surface area contributed by atoms with Crippen molar-refractivity contribution in [1.29, 1.82) is 0 Å². The van der Waals surface area contributed by atoms with Crippen LogP contribution in [0.1, 0.15) is 6.42 Å². The number of rotatable bonds is 6. The van der Waals surface area contributed by atoms with E-state index in [-0.39, 0.29) is 5.69 Å². The highest BCUT2D eigenvalue weighted by Gasteiger charge is 2.13. The summed E-state index contributed by atoms with van der Waals surface area (Å²) in [5, 5.41) is 18.4. The van der Waals surface area contributed by atoms with Gasteiger partial charge in [0.1, 0.15) is 5.69 Å². The standard InChI is InChI=1S/C12H13ClN4O2/c13-10-3-4-12(17(18)19)11(9-10)14-5-1-7-16-8-2-6-15-16/h2-4,6,8-9,14H,1,5,7H2. The Morgan fingerprint density at radius 3 is 3.00 bits per heavy atom. The molecular formula is C12H13ClN4O2. The first-order chi connectivity index (χ1) is 9.16. The van der Waals surface area contributed by atoms with Gasteiger partial charge in [0.2, 0.25) is 0 Å². The Kier molecular flexibility index (Phi) is 4.35. The maximum Gasteiger partial charge on any atom is 0.292 e. The van der Waals surface area contributed by atoms with Crippen molar-refractivity contribution in [3.05, 3.63) is 51.8 Å². The van der Waals surface area contributed by atoms with Gasteiger partial charge in [-0.1, -0.05) is 11.6 Å². The molecule has 0 atom stereocenters. The van der Waals surface area contributed by atoms with Gasteiger partial charge >= 0.3 is 0 Å². The number of halogens is 1. The van der Waals surface area contributed by atoms with Gasteiger partial charge in [0.15, 0.2) is 0 Å². The second-order valence-electron chi connectivity index (χ2n) is 3.97. The third-order valence-electron chi connectivity index (χ3n) is 2.59. The number of nitro benzene ring substituents is 1. The van der Waals surface area contributed by atoms with Crippen LogP contribution in [0.5, 0.6) is 0 Å². The molecule has 19 heavy (non-hydrogen) atoms. The number of aryl methyl sites for hydroxylation is 1. The second kappa shape index (κ2) is 6.19. The van der Waals surface area contributed by atoms with Crippen molar-refractivity contribution in [2.45, 2.75) is 13.0 Å². The number of hydrogen-bond acceptors (Lipinski definition) is 4. The Bertz CT molecular complexity index is 557. The normalized spacial score (nSPS) is 10.4. The summed E-state index contributed by atoms with van der Waals surface area (Å²) in [5.74, 6) is 0. The maximum absolute atomic E-state index is 10.9. The summed E-state index contributed by atoms with van der Waals surface area (Å²) < 4.78 is 1.81. The lowest BCUT2D eigenvalue weighted by molar-refractivity contribution is -0.384. The second-order valence-corrected chi connectivity index (χ2v) is 4.40. The van der Waals surface area contributed by atoms with Crippen LogP contribution in [0, 0.1) is 10.1 Å². The highest BCUT2D eigenvalue weighted by molar-refractivity contribution is 6.31. The lowest BCUT2D eigenvalue weighted by Gasteiger charge is -2.07. The van der Waals surface area contributed by atoms with Gasteiger partial charge < -0.3 is 5.32 Å². The molecule has 0 saturated heterocycles. The highest BCUT2D eigenvalue weighted by atomic mass is 35.5. The fourth-order valence-corrected chi connectivity index (χ4v) is 1.88. The monoisotopic (exact) mass is 280 g/mol. The number of nitrogens with zero attached hydrogens (tertiary/aromatic N) is 3. The Morgan fingerprint density at radius 2 is 2.32 bits per heavy atom. The zero-order valence-corrected chi connectivity index (χ0v) is 10.9. The van der Waals surface area contributed by atoms with Gasteiger partial charge in [-0.05, 0) is 24.6 Å². The number of nitro groups is 1. The molecule has 7 heteroatoms. The third kappa shape index (κ3) is 3.69. The fourth-order valence-electron chi connectivity index (χ4n) is 1.71. The fraction of sp³-hybridized carbons (Fsp3) is 0.250. The van der Waals surface area contributed by atoms with Crippen LogP contribution < -0.4 is 5.32 Å². The molecule has 100 valence electrons. The van der Waals surface area contributed by atoms with E-state index < -0.39 is 4.92 Å². The van der Waals surface area contributed by atoms with Crippen LogP contribution in [0.15, 0.2) is 36.7 Å². The zero-order chi connectivity index (χ0) is 13.7. The molecule has 1 N–H and O–H groups in total. The van der Waals surface area contributed by atoms with E-state index in [0.29, 0.717) is 17.3 Å². The minimum absolute atomic E-state index is 0.0310. The van der Waals surface area contributed by atoms with Crippen molar-refractivity contribution in [2.75, 3.05) is 11.9 Å². The molecule has 0 aliphatic carbocycles. The van der Waals surface area contributed by atoms with E-state index in [4.69, 9.17) is 11.6 Å².